The van der Waals surface area contributed by atoms with Crippen LogP contribution in [0.4, 0.5) is 5.82 Å². The summed E-state index contributed by atoms with van der Waals surface area (Å²) in [7, 11) is 0. The Kier molecular flexibility index (Phi) is 5.34. The number of pyridine rings is 1. The number of carbonyl (C=O) groups is 1. The summed E-state index contributed by atoms with van der Waals surface area (Å²) >= 11 is 0. The number of para-hydroxylation sites is 1. The van der Waals surface area contributed by atoms with Gasteiger partial charge in [-0.1, -0.05) is 60.7 Å². The molecule has 6 rings (SSSR count). The number of anilines is 1. The smallest absolute Gasteiger partial charge is 0.296 e. The highest BCUT2D eigenvalue weighted by Gasteiger charge is 2.44. The van der Waals surface area contributed by atoms with E-state index in [2.05, 4.69) is 4.98 Å². The molecule has 0 spiro atoms. The van der Waals surface area contributed by atoms with Crippen LogP contribution >= 0.6 is 0 Å². The van der Waals surface area contributed by atoms with Gasteiger partial charge in [0, 0.05) is 5.69 Å². The molecule has 0 saturated heterocycles. The van der Waals surface area contributed by atoms with E-state index >= 15 is 0 Å². The molecule has 1 aliphatic rings. The molecule has 36 heavy (non-hydrogen) atoms. The molecule has 1 atom stereocenters. The maximum absolute atomic E-state index is 13.7. The molecule has 6 nitrogen and oxygen atoms in total. The average Bonchev–Trinajstić information content (AvgIpc) is 3.21. The number of nitrogens with zero attached hydrogens (tertiary/aromatic N) is 2. The number of hydrogen-bond donors (Lipinski definition) is 0. The van der Waals surface area contributed by atoms with Crippen LogP contribution in [0.1, 0.15) is 39.0 Å². The lowest BCUT2D eigenvalue weighted by atomic mass is 9.98. The molecule has 0 fully saturated rings. The van der Waals surface area contributed by atoms with E-state index in [1.165, 1.54) is 4.90 Å². The third-order valence-corrected chi connectivity index (χ3v) is 6.32. The van der Waals surface area contributed by atoms with Crippen molar-refractivity contribution in [3.63, 3.8) is 0 Å². The molecule has 0 saturated carbocycles. The quantitative estimate of drug-likeness (QED) is 0.321. The molecule has 1 amide bonds. The van der Waals surface area contributed by atoms with E-state index in [9.17, 15) is 9.59 Å². The van der Waals surface area contributed by atoms with Crippen LogP contribution in [0.25, 0.3) is 11.0 Å². The zero-order valence-electron chi connectivity index (χ0n) is 19.5. The first-order valence-corrected chi connectivity index (χ1v) is 11.7. The topological polar surface area (TPSA) is 72.6 Å². The van der Waals surface area contributed by atoms with Crippen molar-refractivity contribution >= 4 is 22.7 Å². The second-order valence-corrected chi connectivity index (χ2v) is 8.73. The minimum atomic E-state index is -0.706. The fraction of sp³-hybridized carbons (Fsp3) is 0.100. The van der Waals surface area contributed by atoms with Gasteiger partial charge in [0.05, 0.1) is 17.0 Å². The Morgan fingerprint density at radius 1 is 0.889 bits per heavy atom. The van der Waals surface area contributed by atoms with Crippen molar-refractivity contribution < 1.29 is 13.9 Å². The number of hydrogen-bond acceptors (Lipinski definition) is 5. The number of benzene rings is 3. The number of ether oxygens (including phenoxy) is 1. The lowest BCUT2D eigenvalue weighted by molar-refractivity contribution is 0.0970. The van der Waals surface area contributed by atoms with Crippen LogP contribution in [0.5, 0.6) is 5.75 Å². The van der Waals surface area contributed by atoms with Crippen LogP contribution in [-0.4, -0.2) is 10.9 Å². The average molecular weight is 475 g/mol. The Labute approximate surface area is 207 Å². The summed E-state index contributed by atoms with van der Waals surface area (Å²) in [4.78, 5) is 33.5. The van der Waals surface area contributed by atoms with Gasteiger partial charge < -0.3 is 9.15 Å². The van der Waals surface area contributed by atoms with E-state index in [0.717, 1.165) is 16.8 Å². The molecule has 1 unspecified atom stereocenters. The number of aromatic nitrogens is 1. The van der Waals surface area contributed by atoms with Crippen LogP contribution < -0.4 is 15.1 Å². The zero-order valence-corrected chi connectivity index (χ0v) is 19.5. The Bertz CT molecular complexity index is 1660. The van der Waals surface area contributed by atoms with E-state index in [-0.39, 0.29) is 11.2 Å². The highest BCUT2D eigenvalue weighted by molar-refractivity contribution is 6.10. The predicted octanol–water partition coefficient (Wildman–Crippen LogP) is 5.83. The van der Waals surface area contributed by atoms with Crippen molar-refractivity contribution in [1.82, 2.24) is 4.98 Å². The Morgan fingerprint density at radius 3 is 2.50 bits per heavy atom. The maximum Gasteiger partial charge on any atom is 0.296 e. The van der Waals surface area contributed by atoms with E-state index in [1.54, 1.807) is 30.3 Å². The first-order chi connectivity index (χ1) is 17.6. The summed E-state index contributed by atoms with van der Waals surface area (Å²) in [5, 5.41) is 0.435. The van der Waals surface area contributed by atoms with Gasteiger partial charge in [-0.15, -0.1) is 0 Å². The Balaban J connectivity index is 1.49. The Morgan fingerprint density at radius 2 is 1.67 bits per heavy atom. The summed E-state index contributed by atoms with van der Waals surface area (Å²) in [6.45, 7) is 2.27. The van der Waals surface area contributed by atoms with Crippen molar-refractivity contribution in [1.29, 1.82) is 0 Å². The molecule has 3 aromatic carbocycles. The van der Waals surface area contributed by atoms with E-state index in [1.807, 2.05) is 73.7 Å². The summed E-state index contributed by atoms with van der Waals surface area (Å²) in [5.41, 5.74) is 3.01. The molecule has 0 aliphatic carbocycles. The summed E-state index contributed by atoms with van der Waals surface area (Å²) in [5.74, 6) is 0.740. The van der Waals surface area contributed by atoms with Crippen molar-refractivity contribution in [3.05, 3.63) is 135 Å². The third-order valence-electron chi connectivity index (χ3n) is 6.32. The Hall–Kier alpha value is -4.71. The minimum absolute atomic E-state index is 0.0441. The van der Waals surface area contributed by atoms with Gasteiger partial charge in [-0.3, -0.25) is 14.5 Å². The number of fused-ring (bicyclic) bond motifs is 2. The fourth-order valence-corrected chi connectivity index (χ4v) is 4.65. The molecule has 2 aromatic heterocycles. The summed E-state index contributed by atoms with van der Waals surface area (Å²) in [6.07, 6.45) is 0. The number of rotatable bonds is 5. The molecule has 0 radical (unpaired) electrons. The lowest BCUT2D eigenvalue weighted by Crippen LogP contribution is -2.30. The maximum atomic E-state index is 13.7. The lowest BCUT2D eigenvalue weighted by Gasteiger charge is -2.24. The fourth-order valence-electron chi connectivity index (χ4n) is 4.65. The van der Waals surface area contributed by atoms with E-state index in [0.29, 0.717) is 34.7 Å². The molecule has 1 aliphatic heterocycles. The SMILES string of the molecule is Cc1cccc(N2C(=O)c3oc4ccccc4c(=O)c3C2c2cccc(OCc3ccccc3)c2)n1. The third kappa shape index (κ3) is 3.73. The molecule has 176 valence electrons. The van der Waals surface area contributed by atoms with Gasteiger partial charge >= 0.3 is 0 Å². The van der Waals surface area contributed by atoms with E-state index in [4.69, 9.17) is 9.15 Å². The number of aryl methyl sites for hydroxylation is 1. The largest absolute Gasteiger partial charge is 0.489 e. The highest BCUT2D eigenvalue weighted by Crippen LogP contribution is 2.41. The van der Waals surface area contributed by atoms with Gasteiger partial charge in [0.15, 0.2) is 5.43 Å². The van der Waals surface area contributed by atoms with Crippen molar-refractivity contribution in [3.8, 4) is 5.75 Å². The van der Waals surface area contributed by atoms with Crippen molar-refractivity contribution in [2.45, 2.75) is 19.6 Å². The van der Waals surface area contributed by atoms with Gasteiger partial charge in [-0.25, -0.2) is 4.98 Å². The summed E-state index contributed by atoms with van der Waals surface area (Å²) in [6, 6.07) is 29.1. The molecule has 6 heteroatoms. The van der Waals surface area contributed by atoms with Crippen LogP contribution in [-0.2, 0) is 6.61 Å². The molecule has 0 N–H and O–H groups in total. The standard InChI is InChI=1S/C30H22N2O4/c1-19-9-7-16-25(31-19)32-27(21-12-8-13-22(17-21)35-18-20-10-3-2-4-11-20)26-28(33)23-14-5-6-15-24(23)36-29(26)30(32)34/h2-17,27H,18H2,1H3. The van der Waals surface area contributed by atoms with Crippen molar-refractivity contribution in [2.24, 2.45) is 0 Å². The number of carbonyl (C=O) groups excluding carboxylic acids is 1. The molecule has 0 bridgehead atoms. The first-order valence-electron chi connectivity index (χ1n) is 11.7. The zero-order chi connectivity index (χ0) is 24.6. The van der Waals surface area contributed by atoms with Gasteiger partial charge in [-0.2, -0.15) is 0 Å². The van der Waals surface area contributed by atoms with Gasteiger partial charge in [-0.05, 0) is 54.4 Å². The molecular formula is C30H22N2O4. The second kappa shape index (κ2) is 8.82. The monoisotopic (exact) mass is 474 g/mol. The summed E-state index contributed by atoms with van der Waals surface area (Å²) < 4.78 is 12.1. The highest BCUT2D eigenvalue weighted by atomic mass is 16.5. The molecular weight excluding hydrogens is 452 g/mol. The van der Waals surface area contributed by atoms with Crippen molar-refractivity contribution in [2.75, 3.05) is 4.90 Å². The molecule has 3 heterocycles. The minimum Gasteiger partial charge on any atom is -0.489 e. The van der Waals surface area contributed by atoms with Gasteiger partial charge in [0.25, 0.3) is 5.91 Å². The second-order valence-electron chi connectivity index (χ2n) is 8.73. The van der Waals surface area contributed by atoms with Crippen LogP contribution in [0.15, 0.2) is 106 Å². The van der Waals surface area contributed by atoms with Gasteiger partial charge in [0.1, 0.15) is 23.8 Å². The molecule has 5 aromatic rings. The van der Waals surface area contributed by atoms with Crippen LogP contribution in [0.3, 0.4) is 0 Å². The normalized spacial score (nSPS) is 14.8. The first kappa shape index (κ1) is 21.8. The predicted molar refractivity (Wildman–Crippen MR) is 137 cm³/mol. The van der Waals surface area contributed by atoms with Gasteiger partial charge in [0.2, 0.25) is 5.76 Å². The number of amides is 1. The van der Waals surface area contributed by atoms with Crippen LogP contribution in [0.2, 0.25) is 0 Å². The van der Waals surface area contributed by atoms with Crippen LogP contribution in [0, 0.1) is 6.92 Å². The van der Waals surface area contributed by atoms with E-state index < -0.39 is 11.9 Å².